The van der Waals surface area contributed by atoms with Crippen LogP contribution in [0.2, 0.25) is 0 Å². The molecule has 0 saturated heterocycles. The number of allylic oxidation sites excluding steroid dienone is 1. The molecule has 3 nitrogen and oxygen atoms in total. The van der Waals surface area contributed by atoms with E-state index >= 15 is 0 Å². The summed E-state index contributed by atoms with van der Waals surface area (Å²) in [7, 11) is 0. The first kappa shape index (κ1) is 17.4. The van der Waals surface area contributed by atoms with Gasteiger partial charge in [-0.3, -0.25) is 9.59 Å². The molecule has 0 atom stereocenters. The Labute approximate surface area is 152 Å². The van der Waals surface area contributed by atoms with E-state index in [4.69, 9.17) is 4.74 Å². The summed E-state index contributed by atoms with van der Waals surface area (Å²) in [5.41, 5.74) is 2.33. The van der Waals surface area contributed by atoms with E-state index in [9.17, 15) is 9.59 Å². The average Bonchev–Trinajstić information content (AvgIpc) is 2.68. The van der Waals surface area contributed by atoms with E-state index in [1.165, 1.54) is 0 Å². The molecule has 3 rings (SSSR count). The summed E-state index contributed by atoms with van der Waals surface area (Å²) in [6.07, 6.45) is 0. The lowest BCUT2D eigenvalue weighted by Gasteiger charge is -2.08. The molecule has 0 saturated carbocycles. The second-order valence-electron chi connectivity index (χ2n) is 5.96. The molecule has 0 heterocycles. The van der Waals surface area contributed by atoms with Gasteiger partial charge in [-0.05, 0) is 61.0 Å². The third kappa shape index (κ3) is 3.95. The number of rotatable bonds is 6. The Morgan fingerprint density at radius 3 is 1.65 bits per heavy atom. The number of benzene rings is 3. The third-order valence-electron chi connectivity index (χ3n) is 3.89. The Bertz CT molecular complexity index is 937. The van der Waals surface area contributed by atoms with Crippen molar-refractivity contribution in [3.63, 3.8) is 0 Å². The highest BCUT2D eigenvalue weighted by atomic mass is 16.5. The molecule has 0 radical (unpaired) electrons. The van der Waals surface area contributed by atoms with E-state index in [-0.39, 0.29) is 11.6 Å². The number of ether oxygens (including phenoxy) is 1. The zero-order chi connectivity index (χ0) is 18.5. The highest BCUT2D eigenvalue weighted by molar-refractivity contribution is 6.09. The largest absolute Gasteiger partial charge is 0.457 e. The quantitative estimate of drug-likeness (QED) is 0.441. The fraction of sp³-hybridized carbons (Fsp3) is 0.0435. The summed E-state index contributed by atoms with van der Waals surface area (Å²) in [5, 5.41) is 0. The maximum atomic E-state index is 12.4. The van der Waals surface area contributed by atoms with Crippen LogP contribution in [-0.4, -0.2) is 11.6 Å². The number of carbonyl (C=O) groups excluding carboxylic acids is 2. The van der Waals surface area contributed by atoms with Crippen LogP contribution < -0.4 is 4.74 Å². The zero-order valence-corrected chi connectivity index (χ0v) is 14.4. The molecule has 0 aliphatic rings. The van der Waals surface area contributed by atoms with Crippen molar-refractivity contribution in [2.24, 2.45) is 0 Å². The van der Waals surface area contributed by atoms with E-state index in [0.29, 0.717) is 33.8 Å². The van der Waals surface area contributed by atoms with Gasteiger partial charge in [-0.2, -0.15) is 0 Å². The maximum Gasteiger partial charge on any atom is 0.193 e. The predicted octanol–water partition coefficient (Wildman–Crippen LogP) is 5.47. The lowest BCUT2D eigenvalue weighted by atomic mass is 10.0. The van der Waals surface area contributed by atoms with Crippen molar-refractivity contribution < 1.29 is 14.3 Å². The van der Waals surface area contributed by atoms with Crippen molar-refractivity contribution in [1.29, 1.82) is 0 Å². The molecule has 0 aromatic heterocycles. The monoisotopic (exact) mass is 342 g/mol. The van der Waals surface area contributed by atoms with Gasteiger partial charge in [0.05, 0.1) is 0 Å². The number of hydrogen-bond acceptors (Lipinski definition) is 3. The van der Waals surface area contributed by atoms with Crippen LogP contribution in [0.4, 0.5) is 0 Å². The van der Waals surface area contributed by atoms with Crippen molar-refractivity contribution in [2.75, 3.05) is 0 Å². The van der Waals surface area contributed by atoms with Gasteiger partial charge >= 0.3 is 0 Å². The summed E-state index contributed by atoms with van der Waals surface area (Å²) in [6.45, 7) is 5.34. The Balaban J connectivity index is 1.70. The topological polar surface area (TPSA) is 43.4 Å². The van der Waals surface area contributed by atoms with Gasteiger partial charge in [-0.15, -0.1) is 0 Å². The molecule has 0 aliphatic carbocycles. The molecule has 26 heavy (non-hydrogen) atoms. The molecule has 0 bridgehead atoms. The van der Waals surface area contributed by atoms with Crippen molar-refractivity contribution in [3.8, 4) is 11.5 Å². The molecule has 0 unspecified atom stereocenters. The van der Waals surface area contributed by atoms with Gasteiger partial charge in [-0.1, -0.05) is 36.9 Å². The maximum absolute atomic E-state index is 12.4. The van der Waals surface area contributed by atoms with Crippen LogP contribution in [0.15, 0.2) is 91.0 Å². The van der Waals surface area contributed by atoms with Gasteiger partial charge in [-0.25, -0.2) is 0 Å². The van der Waals surface area contributed by atoms with Crippen molar-refractivity contribution >= 4 is 11.6 Å². The molecule has 3 aromatic rings. The van der Waals surface area contributed by atoms with Crippen molar-refractivity contribution in [3.05, 3.63) is 108 Å². The summed E-state index contributed by atoms with van der Waals surface area (Å²) in [5.74, 6) is 1.12. The predicted molar refractivity (Wildman–Crippen MR) is 102 cm³/mol. The molecule has 0 amide bonds. The Morgan fingerprint density at radius 2 is 1.15 bits per heavy atom. The summed E-state index contributed by atoms with van der Waals surface area (Å²) in [4.78, 5) is 24.3. The van der Waals surface area contributed by atoms with Crippen LogP contribution in [0, 0.1) is 0 Å². The molecule has 3 heteroatoms. The lowest BCUT2D eigenvalue weighted by molar-refractivity contribution is 0.102. The van der Waals surface area contributed by atoms with Crippen LogP contribution in [-0.2, 0) is 0 Å². The van der Waals surface area contributed by atoms with Crippen LogP contribution in [0.5, 0.6) is 11.5 Å². The van der Waals surface area contributed by atoms with E-state index in [1.807, 2.05) is 18.2 Å². The van der Waals surface area contributed by atoms with Gasteiger partial charge in [0, 0.05) is 16.7 Å². The van der Waals surface area contributed by atoms with Gasteiger partial charge in [0.1, 0.15) is 11.5 Å². The standard InChI is InChI=1S/C23H18O3/c1-16(2)22(24)18-8-12-20(13-9-18)26-21-14-10-19(11-15-21)23(25)17-6-4-3-5-7-17/h3-15H,1H2,2H3. The first-order chi connectivity index (χ1) is 12.5. The van der Waals surface area contributed by atoms with E-state index in [1.54, 1.807) is 67.6 Å². The lowest BCUT2D eigenvalue weighted by Crippen LogP contribution is -2.00. The van der Waals surface area contributed by atoms with Crippen LogP contribution >= 0.6 is 0 Å². The van der Waals surface area contributed by atoms with Gasteiger partial charge in [0.15, 0.2) is 11.6 Å². The Kier molecular flexibility index (Phi) is 5.09. The molecule has 128 valence electrons. The summed E-state index contributed by atoms with van der Waals surface area (Å²) in [6, 6.07) is 23.0. The minimum Gasteiger partial charge on any atom is -0.457 e. The van der Waals surface area contributed by atoms with E-state index < -0.39 is 0 Å². The van der Waals surface area contributed by atoms with Gasteiger partial charge in [0.25, 0.3) is 0 Å². The zero-order valence-electron chi connectivity index (χ0n) is 14.4. The molecule has 0 aliphatic heterocycles. The molecule has 0 spiro atoms. The first-order valence-corrected chi connectivity index (χ1v) is 8.22. The Hall–Kier alpha value is -3.46. The normalized spacial score (nSPS) is 10.2. The number of hydrogen-bond donors (Lipinski definition) is 0. The van der Waals surface area contributed by atoms with Crippen molar-refractivity contribution in [1.82, 2.24) is 0 Å². The van der Waals surface area contributed by atoms with Crippen molar-refractivity contribution in [2.45, 2.75) is 6.92 Å². The van der Waals surface area contributed by atoms with Crippen LogP contribution in [0.25, 0.3) is 0 Å². The second kappa shape index (κ2) is 7.62. The molecule has 0 fully saturated rings. The van der Waals surface area contributed by atoms with Crippen LogP contribution in [0.3, 0.4) is 0 Å². The average molecular weight is 342 g/mol. The summed E-state index contributed by atoms with van der Waals surface area (Å²) >= 11 is 0. The molecule has 3 aromatic carbocycles. The minimum absolute atomic E-state index is 0.0280. The molecular formula is C23H18O3. The molecular weight excluding hydrogens is 324 g/mol. The smallest absolute Gasteiger partial charge is 0.193 e. The fourth-order valence-corrected chi connectivity index (χ4v) is 2.49. The van der Waals surface area contributed by atoms with Gasteiger partial charge in [0.2, 0.25) is 0 Å². The fourth-order valence-electron chi connectivity index (χ4n) is 2.49. The Morgan fingerprint density at radius 1 is 0.692 bits per heavy atom. The van der Waals surface area contributed by atoms with E-state index in [0.717, 1.165) is 0 Å². The number of ketones is 2. The third-order valence-corrected chi connectivity index (χ3v) is 3.89. The highest BCUT2D eigenvalue weighted by Crippen LogP contribution is 2.23. The SMILES string of the molecule is C=C(C)C(=O)c1ccc(Oc2ccc(C(=O)c3ccccc3)cc2)cc1. The van der Waals surface area contributed by atoms with E-state index in [2.05, 4.69) is 6.58 Å². The molecule has 0 N–H and O–H groups in total. The number of carbonyl (C=O) groups is 2. The second-order valence-corrected chi connectivity index (χ2v) is 5.96. The summed E-state index contributed by atoms with van der Waals surface area (Å²) < 4.78 is 5.77. The number of Topliss-reactive ketones (excluding diaryl/α,β-unsaturated/α-hetero) is 1. The highest BCUT2D eigenvalue weighted by Gasteiger charge is 2.09. The first-order valence-electron chi connectivity index (χ1n) is 8.22. The van der Waals surface area contributed by atoms with Gasteiger partial charge < -0.3 is 4.74 Å². The minimum atomic E-state index is -0.0830. The van der Waals surface area contributed by atoms with Crippen LogP contribution in [0.1, 0.15) is 33.2 Å².